The van der Waals surface area contributed by atoms with Crippen LogP contribution in [0.5, 0.6) is 0 Å². The Morgan fingerprint density at radius 3 is 2.62 bits per heavy atom. The van der Waals surface area contributed by atoms with Crippen LogP contribution in [0.4, 0.5) is 5.69 Å². The molecule has 0 amide bonds. The predicted molar refractivity (Wildman–Crippen MR) is 55.5 cm³/mol. The third kappa shape index (κ3) is 2.35. The smallest absolute Gasteiger partial charge is 0.0753 e. The summed E-state index contributed by atoms with van der Waals surface area (Å²) in [5.74, 6) is 0. The molecule has 1 aliphatic heterocycles. The Balaban J connectivity index is 0.000000845. The number of nitrogens with zero attached hydrogens (tertiary/aromatic N) is 3. The Morgan fingerprint density at radius 2 is 2.08 bits per heavy atom. The number of nitrogens with one attached hydrogen (secondary N) is 1. The van der Waals surface area contributed by atoms with Gasteiger partial charge in [-0.3, -0.25) is 4.68 Å². The predicted octanol–water partition coefficient (Wildman–Crippen LogP) is 0.251. The number of halogens is 1. The molecular weight excluding hydrogens is 188 g/mol. The van der Waals surface area contributed by atoms with Crippen LogP contribution in [-0.4, -0.2) is 36.0 Å². The van der Waals surface area contributed by atoms with Gasteiger partial charge in [0.2, 0.25) is 0 Å². The van der Waals surface area contributed by atoms with Gasteiger partial charge in [0.05, 0.1) is 11.9 Å². The highest BCUT2D eigenvalue weighted by molar-refractivity contribution is 5.85. The van der Waals surface area contributed by atoms with Crippen molar-refractivity contribution < 1.29 is 0 Å². The quantitative estimate of drug-likeness (QED) is 0.709. The molecule has 0 radical (unpaired) electrons. The van der Waals surface area contributed by atoms with E-state index >= 15 is 0 Å². The lowest BCUT2D eigenvalue weighted by Gasteiger charge is -2.27. The van der Waals surface area contributed by atoms with Gasteiger partial charge in [-0.1, -0.05) is 0 Å². The van der Waals surface area contributed by atoms with E-state index in [0.29, 0.717) is 0 Å². The van der Waals surface area contributed by atoms with Gasteiger partial charge < -0.3 is 10.2 Å². The zero-order valence-electron chi connectivity index (χ0n) is 7.73. The van der Waals surface area contributed by atoms with Crippen molar-refractivity contribution in [3.63, 3.8) is 0 Å². The largest absolute Gasteiger partial charge is 0.366 e. The average molecular weight is 203 g/mol. The van der Waals surface area contributed by atoms with Crippen LogP contribution in [0.2, 0.25) is 0 Å². The number of anilines is 1. The molecule has 4 nitrogen and oxygen atoms in total. The molecule has 0 unspecified atom stereocenters. The molecule has 13 heavy (non-hydrogen) atoms. The fourth-order valence-electron chi connectivity index (χ4n) is 1.49. The number of piperazine rings is 1. The average Bonchev–Trinajstić information content (AvgIpc) is 2.54. The Morgan fingerprint density at radius 1 is 1.38 bits per heavy atom. The summed E-state index contributed by atoms with van der Waals surface area (Å²) in [6.07, 6.45) is 3.98. The topological polar surface area (TPSA) is 33.1 Å². The van der Waals surface area contributed by atoms with E-state index in [1.807, 2.05) is 17.9 Å². The molecule has 1 aromatic heterocycles. The molecule has 1 fully saturated rings. The first-order valence-corrected chi connectivity index (χ1v) is 4.30. The summed E-state index contributed by atoms with van der Waals surface area (Å²) in [4.78, 5) is 2.35. The van der Waals surface area contributed by atoms with Crippen molar-refractivity contribution in [2.75, 3.05) is 31.1 Å². The summed E-state index contributed by atoms with van der Waals surface area (Å²) in [5, 5.41) is 7.47. The van der Waals surface area contributed by atoms with Gasteiger partial charge in [-0.15, -0.1) is 12.4 Å². The number of aromatic nitrogens is 2. The summed E-state index contributed by atoms with van der Waals surface area (Å²) >= 11 is 0. The van der Waals surface area contributed by atoms with Crippen LogP contribution >= 0.6 is 12.4 Å². The van der Waals surface area contributed by atoms with Crippen LogP contribution in [0.25, 0.3) is 0 Å². The third-order valence-electron chi connectivity index (χ3n) is 2.17. The first-order chi connectivity index (χ1) is 5.86. The molecule has 5 heteroatoms. The Hall–Kier alpha value is -0.740. The highest BCUT2D eigenvalue weighted by atomic mass is 35.5. The molecule has 0 saturated carbocycles. The van der Waals surface area contributed by atoms with Crippen molar-refractivity contribution >= 4 is 18.1 Å². The van der Waals surface area contributed by atoms with E-state index in [2.05, 4.69) is 21.5 Å². The van der Waals surface area contributed by atoms with Gasteiger partial charge >= 0.3 is 0 Å². The van der Waals surface area contributed by atoms with Gasteiger partial charge in [0.25, 0.3) is 0 Å². The lowest BCUT2D eigenvalue weighted by atomic mass is 10.3. The Kier molecular flexibility index (Phi) is 3.57. The number of rotatable bonds is 1. The van der Waals surface area contributed by atoms with Crippen LogP contribution in [0.15, 0.2) is 12.4 Å². The SMILES string of the molecule is Cl.Cn1cc(N2CCNCC2)cn1. The Labute approximate surface area is 84.3 Å². The molecule has 0 spiro atoms. The molecule has 0 atom stereocenters. The van der Waals surface area contributed by atoms with Crippen LogP contribution in [-0.2, 0) is 7.05 Å². The minimum absolute atomic E-state index is 0. The maximum absolute atomic E-state index is 4.15. The highest BCUT2D eigenvalue weighted by Crippen LogP contribution is 2.11. The van der Waals surface area contributed by atoms with Crippen molar-refractivity contribution in [2.24, 2.45) is 7.05 Å². The summed E-state index contributed by atoms with van der Waals surface area (Å²) < 4.78 is 1.84. The second-order valence-corrected chi connectivity index (χ2v) is 3.11. The van der Waals surface area contributed by atoms with Gasteiger partial charge in [-0.05, 0) is 0 Å². The molecule has 1 saturated heterocycles. The zero-order chi connectivity index (χ0) is 8.39. The van der Waals surface area contributed by atoms with Crippen molar-refractivity contribution in [3.05, 3.63) is 12.4 Å². The molecule has 74 valence electrons. The monoisotopic (exact) mass is 202 g/mol. The lowest BCUT2D eigenvalue weighted by Crippen LogP contribution is -2.43. The number of hydrogen-bond donors (Lipinski definition) is 1. The van der Waals surface area contributed by atoms with Crippen molar-refractivity contribution in [3.8, 4) is 0 Å². The second kappa shape index (κ2) is 4.48. The summed E-state index contributed by atoms with van der Waals surface area (Å²) in [5.41, 5.74) is 1.24. The maximum atomic E-state index is 4.15. The first-order valence-electron chi connectivity index (χ1n) is 4.30. The van der Waals surface area contributed by atoms with E-state index in [1.54, 1.807) is 0 Å². The van der Waals surface area contributed by atoms with Crippen molar-refractivity contribution in [2.45, 2.75) is 0 Å². The summed E-state index contributed by atoms with van der Waals surface area (Å²) in [7, 11) is 1.95. The number of aryl methyl sites for hydroxylation is 1. The summed E-state index contributed by atoms with van der Waals surface area (Å²) in [6, 6.07) is 0. The second-order valence-electron chi connectivity index (χ2n) is 3.11. The standard InChI is InChI=1S/C8H14N4.ClH/c1-11-7-8(6-10-11)12-4-2-9-3-5-12;/h6-7,9H,2-5H2,1H3;1H. The van der Waals surface area contributed by atoms with Crippen LogP contribution in [0.3, 0.4) is 0 Å². The first kappa shape index (κ1) is 10.3. The molecule has 1 aliphatic rings. The number of hydrogen-bond acceptors (Lipinski definition) is 3. The molecule has 2 heterocycles. The van der Waals surface area contributed by atoms with Crippen LogP contribution in [0, 0.1) is 0 Å². The molecule has 0 bridgehead atoms. The molecule has 2 rings (SSSR count). The van der Waals surface area contributed by atoms with E-state index in [-0.39, 0.29) is 12.4 Å². The molecule has 0 aliphatic carbocycles. The normalized spacial score (nSPS) is 16.8. The third-order valence-corrected chi connectivity index (χ3v) is 2.17. The van der Waals surface area contributed by atoms with E-state index < -0.39 is 0 Å². The van der Waals surface area contributed by atoms with E-state index in [4.69, 9.17) is 0 Å². The maximum Gasteiger partial charge on any atom is 0.0753 e. The van der Waals surface area contributed by atoms with Gasteiger partial charge in [-0.25, -0.2) is 0 Å². The van der Waals surface area contributed by atoms with Crippen LogP contribution < -0.4 is 10.2 Å². The van der Waals surface area contributed by atoms with Gasteiger partial charge in [-0.2, -0.15) is 5.10 Å². The van der Waals surface area contributed by atoms with E-state index in [1.165, 1.54) is 5.69 Å². The summed E-state index contributed by atoms with van der Waals surface area (Å²) in [6.45, 7) is 4.33. The molecular formula is C8H15ClN4. The minimum Gasteiger partial charge on any atom is -0.366 e. The van der Waals surface area contributed by atoms with Gasteiger partial charge in [0.1, 0.15) is 0 Å². The van der Waals surface area contributed by atoms with Crippen molar-refractivity contribution in [1.29, 1.82) is 0 Å². The van der Waals surface area contributed by atoms with Gasteiger partial charge in [0, 0.05) is 39.4 Å². The van der Waals surface area contributed by atoms with E-state index in [9.17, 15) is 0 Å². The van der Waals surface area contributed by atoms with Crippen LogP contribution in [0.1, 0.15) is 0 Å². The minimum atomic E-state index is 0. The van der Waals surface area contributed by atoms with Gasteiger partial charge in [0.15, 0.2) is 0 Å². The fourth-order valence-corrected chi connectivity index (χ4v) is 1.49. The van der Waals surface area contributed by atoms with Crippen molar-refractivity contribution in [1.82, 2.24) is 15.1 Å². The highest BCUT2D eigenvalue weighted by Gasteiger charge is 2.10. The fraction of sp³-hybridized carbons (Fsp3) is 0.625. The molecule has 0 aromatic carbocycles. The lowest BCUT2D eigenvalue weighted by molar-refractivity contribution is 0.589. The molecule has 1 aromatic rings. The Bertz CT molecular complexity index is 254. The molecule has 1 N–H and O–H groups in total. The van der Waals surface area contributed by atoms with E-state index in [0.717, 1.165) is 26.2 Å². The zero-order valence-corrected chi connectivity index (χ0v) is 8.55.